The number of nitrogens with zero attached hydrogens (tertiary/aromatic N) is 3. The molecule has 3 aromatic rings. The fourth-order valence-corrected chi connectivity index (χ4v) is 3.72. The Kier molecular flexibility index (Phi) is 6.89. The summed E-state index contributed by atoms with van der Waals surface area (Å²) >= 11 is 13.1. The lowest BCUT2D eigenvalue weighted by molar-refractivity contribution is -0.116. The molecule has 0 N–H and O–H groups in total. The second-order valence-electron chi connectivity index (χ2n) is 6.78. The number of benzene rings is 3. The molecule has 0 aliphatic carbocycles. The van der Waals surface area contributed by atoms with Gasteiger partial charge in [0.25, 0.3) is 0 Å². The molecule has 3 rings (SSSR count). The zero-order valence-electron chi connectivity index (χ0n) is 16.5. The molecule has 0 spiro atoms. The first-order chi connectivity index (χ1) is 14.4. The van der Waals surface area contributed by atoms with Crippen LogP contribution >= 0.6 is 23.2 Å². The Balaban J connectivity index is 1.99. The summed E-state index contributed by atoms with van der Waals surface area (Å²) in [5, 5.41) is 15.9. The van der Waals surface area contributed by atoms with Crippen LogP contribution in [0.4, 0.5) is 5.69 Å². The number of carbonyl (C=O) groups is 1. The van der Waals surface area contributed by atoms with Crippen LogP contribution in [0.25, 0.3) is 0 Å². The van der Waals surface area contributed by atoms with Crippen molar-refractivity contribution in [3.8, 4) is 6.07 Å². The minimum atomic E-state index is -0.627. The van der Waals surface area contributed by atoms with Crippen molar-refractivity contribution in [2.75, 3.05) is 5.01 Å². The number of halogens is 2. The van der Waals surface area contributed by atoms with Gasteiger partial charge in [0.1, 0.15) is 0 Å². The topological polar surface area (TPSA) is 56.5 Å². The molecule has 1 atom stereocenters. The van der Waals surface area contributed by atoms with E-state index in [-0.39, 0.29) is 5.91 Å². The lowest BCUT2D eigenvalue weighted by atomic mass is 9.91. The van der Waals surface area contributed by atoms with Crippen LogP contribution in [0.5, 0.6) is 0 Å². The van der Waals surface area contributed by atoms with Crippen LogP contribution in [0, 0.1) is 18.3 Å². The van der Waals surface area contributed by atoms with E-state index < -0.39 is 5.92 Å². The number of hydrogen-bond acceptors (Lipinski definition) is 3. The number of amides is 1. The fourth-order valence-electron chi connectivity index (χ4n) is 3.03. The molecule has 0 aliphatic heterocycles. The number of carbonyl (C=O) groups excluding carboxylic acids is 1. The maximum Gasteiger partial charge on any atom is 0.244 e. The van der Waals surface area contributed by atoms with E-state index in [9.17, 15) is 10.1 Å². The normalized spacial score (nSPS) is 11.8. The minimum absolute atomic E-state index is 0.294. The third kappa shape index (κ3) is 4.88. The number of hydrazone groups is 1. The maximum absolute atomic E-state index is 12.2. The van der Waals surface area contributed by atoms with Crippen molar-refractivity contribution in [3.05, 3.63) is 99.0 Å². The van der Waals surface area contributed by atoms with Gasteiger partial charge in [0.2, 0.25) is 5.91 Å². The highest BCUT2D eigenvalue weighted by Crippen LogP contribution is 2.38. The average molecular weight is 436 g/mol. The van der Waals surface area contributed by atoms with Gasteiger partial charge in [-0.15, -0.1) is 0 Å². The summed E-state index contributed by atoms with van der Waals surface area (Å²) in [4.78, 5) is 12.2. The molecule has 6 heteroatoms. The first-order valence-electron chi connectivity index (χ1n) is 9.25. The van der Waals surface area contributed by atoms with Crippen molar-refractivity contribution in [3.63, 3.8) is 0 Å². The second-order valence-corrected chi connectivity index (χ2v) is 7.60. The molecule has 0 aromatic heterocycles. The van der Waals surface area contributed by atoms with Crippen LogP contribution in [0.1, 0.15) is 35.1 Å². The molecular formula is C24H19Cl2N3O. The first kappa shape index (κ1) is 21.6. The van der Waals surface area contributed by atoms with Gasteiger partial charge in [-0.25, -0.2) is 5.01 Å². The molecule has 0 saturated heterocycles. The van der Waals surface area contributed by atoms with Gasteiger partial charge in [-0.2, -0.15) is 10.4 Å². The summed E-state index contributed by atoms with van der Waals surface area (Å²) < 4.78 is 0. The summed E-state index contributed by atoms with van der Waals surface area (Å²) in [5.74, 6) is -0.921. The van der Waals surface area contributed by atoms with Crippen LogP contribution in [0.15, 0.2) is 71.8 Å². The van der Waals surface area contributed by atoms with Crippen LogP contribution < -0.4 is 5.01 Å². The lowest BCUT2D eigenvalue weighted by Gasteiger charge is -2.19. The Morgan fingerprint density at radius 1 is 1.07 bits per heavy atom. The van der Waals surface area contributed by atoms with E-state index in [1.807, 2.05) is 61.5 Å². The summed E-state index contributed by atoms with van der Waals surface area (Å²) in [6.45, 7) is 3.38. The van der Waals surface area contributed by atoms with Crippen molar-refractivity contribution >= 4 is 41.0 Å². The average Bonchev–Trinajstić information content (AvgIpc) is 2.72. The monoisotopic (exact) mass is 435 g/mol. The van der Waals surface area contributed by atoms with Crippen LogP contribution in [0.3, 0.4) is 0 Å². The Hall–Kier alpha value is -3.13. The second kappa shape index (κ2) is 9.58. The minimum Gasteiger partial charge on any atom is -0.273 e. The molecule has 3 aromatic carbocycles. The Labute approximate surface area is 186 Å². The highest BCUT2D eigenvalue weighted by molar-refractivity contribution is 6.36. The number of rotatable bonds is 5. The van der Waals surface area contributed by atoms with E-state index in [1.165, 1.54) is 11.9 Å². The number of hydrogen-bond donors (Lipinski definition) is 0. The molecule has 0 bridgehead atoms. The van der Waals surface area contributed by atoms with Gasteiger partial charge in [-0.3, -0.25) is 4.79 Å². The third-order valence-electron chi connectivity index (χ3n) is 4.56. The highest BCUT2D eigenvalue weighted by Gasteiger charge is 2.23. The van der Waals surface area contributed by atoms with E-state index in [0.29, 0.717) is 21.3 Å². The maximum atomic E-state index is 12.2. The number of nitriles is 1. The van der Waals surface area contributed by atoms with Gasteiger partial charge in [-0.1, -0.05) is 83.4 Å². The van der Waals surface area contributed by atoms with Crippen molar-refractivity contribution in [2.45, 2.75) is 19.8 Å². The van der Waals surface area contributed by atoms with Crippen molar-refractivity contribution in [2.24, 2.45) is 5.10 Å². The van der Waals surface area contributed by atoms with Gasteiger partial charge in [-0.05, 0) is 30.2 Å². The molecule has 1 unspecified atom stereocenters. The molecule has 0 fully saturated rings. The van der Waals surface area contributed by atoms with Crippen molar-refractivity contribution in [1.82, 2.24) is 0 Å². The van der Waals surface area contributed by atoms with E-state index in [0.717, 1.165) is 16.7 Å². The highest BCUT2D eigenvalue weighted by atomic mass is 35.5. The van der Waals surface area contributed by atoms with E-state index >= 15 is 0 Å². The molecule has 1 amide bonds. The Morgan fingerprint density at radius 3 is 2.20 bits per heavy atom. The lowest BCUT2D eigenvalue weighted by Crippen LogP contribution is -2.22. The van der Waals surface area contributed by atoms with Gasteiger partial charge < -0.3 is 0 Å². The van der Waals surface area contributed by atoms with Crippen LogP contribution in [-0.4, -0.2) is 12.1 Å². The predicted molar refractivity (Wildman–Crippen MR) is 122 cm³/mol. The van der Waals surface area contributed by atoms with Crippen molar-refractivity contribution in [1.29, 1.82) is 5.26 Å². The molecule has 0 radical (unpaired) electrons. The Bertz CT molecular complexity index is 1100. The molecule has 4 nitrogen and oxygen atoms in total. The van der Waals surface area contributed by atoms with Gasteiger partial charge in [0.15, 0.2) is 0 Å². The Morgan fingerprint density at radius 2 is 1.67 bits per heavy atom. The van der Waals surface area contributed by atoms with Gasteiger partial charge >= 0.3 is 0 Å². The summed E-state index contributed by atoms with van der Waals surface area (Å²) in [7, 11) is 0. The molecule has 30 heavy (non-hydrogen) atoms. The molecule has 150 valence electrons. The molecular weight excluding hydrogens is 417 g/mol. The zero-order chi connectivity index (χ0) is 21.7. The third-order valence-corrected chi connectivity index (χ3v) is 5.18. The van der Waals surface area contributed by atoms with E-state index in [1.54, 1.807) is 18.3 Å². The summed E-state index contributed by atoms with van der Waals surface area (Å²) in [5.41, 5.74) is 3.67. The van der Waals surface area contributed by atoms with Crippen LogP contribution in [0.2, 0.25) is 10.0 Å². The van der Waals surface area contributed by atoms with E-state index in [2.05, 4.69) is 11.2 Å². The number of aryl methyl sites for hydroxylation is 1. The smallest absolute Gasteiger partial charge is 0.244 e. The molecule has 0 heterocycles. The zero-order valence-corrected chi connectivity index (χ0v) is 18.0. The van der Waals surface area contributed by atoms with Crippen molar-refractivity contribution < 1.29 is 4.79 Å². The molecule has 0 aliphatic rings. The number of anilines is 1. The first-order valence-corrected chi connectivity index (χ1v) is 10.0. The predicted octanol–water partition coefficient (Wildman–Crippen LogP) is 6.34. The summed E-state index contributed by atoms with van der Waals surface area (Å²) in [6.07, 6.45) is 1.58. The standard InChI is InChI=1S/C24H19Cl2N3O/c1-16-8-10-19(11-9-16)21(14-27)24-22(25)12-20(13-23(24)26)29(17(2)30)28-15-18-6-4-3-5-7-18/h3-13,15,21H,1-2H3/b28-15+. The van der Waals surface area contributed by atoms with Gasteiger partial charge in [0.05, 0.1) is 23.9 Å². The summed E-state index contributed by atoms with van der Waals surface area (Å²) in [6, 6.07) is 22.5. The van der Waals surface area contributed by atoms with E-state index in [4.69, 9.17) is 23.2 Å². The molecule has 0 saturated carbocycles. The SMILES string of the molecule is CC(=O)N(/N=C/c1ccccc1)c1cc(Cl)c(C(C#N)c2ccc(C)cc2)c(Cl)c1. The largest absolute Gasteiger partial charge is 0.273 e. The quantitative estimate of drug-likeness (QED) is 0.346. The fraction of sp³-hybridized carbons (Fsp3) is 0.125. The van der Waals surface area contributed by atoms with Crippen LogP contribution in [-0.2, 0) is 4.79 Å². The van der Waals surface area contributed by atoms with Gasteiger partial charge in [0, 0.05) is 22.5 Å².